The number of nitrogens with zero attached hydrogens (tertiary/aromatic N) is 2. The van der Waals surface area contributed by atoms with Crippen LogP contribution in [0.25, 0.3) is 0 Å². The third kappa shape index (κ3) is 2.01. The van der Waals surface area contributed by atoms with Crippen LogP contribution in [0.1, 0.15) is 39.4 Å². The topological polar surface area (TPSA) is 23.6 Å². The Labute approximate surface area is 150 Å². The van der Waals surface area contributed by atoms with Crippen molar-refractivity contribution < 1.29 is 4.79 Å². The first-order valence-electron chi connectivity index (χ1n) is 9.09. The summed E-state index contributed by atoms with van der Waals surface area (Å²) in [5, 5.41) is 0.778. The summed E-state index contributed by atoms with van der Waals surface area (Å²) in [6.45, 7) is 12.4. The fourth-order valence-corrected chi connectivity index (χ4v) is 5.46. The fraction of sp³-hybridized carbons (Fsp3) is 0.650. The summed E-state index contributed by atoms with van der Waals surface area (Å²) in [5.74, 6) is 1.28. The summed E-state index contributed by atoms with van der Waals surface area (Å²) in [7, 11) is 0. The lowest BCUT2D eigenvalue weighted by molar-refractivity contribution is -0.217. The van der Waals surface area contributed by atoms with Crippen molar-refractivity contribution >= 4 is 17.4 Å². The van der Waals surface area contributed by atoms with Crippen LogP contribution in [0.2, 0.25) is 5.02 Å². The zero-order valence-corrected chi connectivity index (χ0v) is 15.8. The number of Topliss-reactive ketones (excluding diaryl/α,β-unsaturated/α-hetero) is 1. The van der Waals surface area contributed by atoms with Gasteiger partial charge in [-0.2, -0.15) is 0 Å². The van der Waals surface area contributed by atoms with E-state index in [0.29, 0.717) is 17.6 Å². The van der Waals surface area contributed by atoms with Crippen molar-refractivity contribution in [3.05, 3.63) is 34.9 Å². The number of ketones is 1. The molecule has 4 heteroatoms. The molecule has 4 heterocycles. The van der Waals surface area contributed by atoms with E-state index in [4.69, 9.17) is 11.6 Å². The Morgan fingerprint density at radius 1 is 0.917 bits per heavy atom. The van der Waals surface area contributed by atoms with Crippen LogP contribution in [0.15, 0.2) is 24.3 Å². The molecular weight excluding hydrogens is 320 g/mol. The molecule has 3 nitrogen and oxygen atoms in total. The van der Waals surface area contributed by atoms with Gasteiger partial charge in [0, 0.05) is 31.2 Å². The molecule has 0 spiro atoms. The normalized spacial score (nSPS) is 40.8. The number of piperidine rings is 2. The molecule has 0 aliphatic carbocycles. The summed E-state index contributed by atoms with van der Waals surface area (Å²) in [6, 6.07) is 8.24. The van der Waals surface area contributed by atoms with Gasteiger partial charge in [-0.1, -0.05) is 51.4 Å². The molecule has 0 aromatic heterocycles. The molecule has 0 amide bonds. The highest BCUT2D eigenvalue weighted by atomic mass is 35.5. The Hall–Kier alpha value is -0.900. The molecule has 0 unspecified atom stereocenters. The molecule has 0 N–H and O–H groups in total. The maximum atomic E-state index is 13.5. The zero-order valence-electron chi connectivity index (χ0n) is 15.1. The largest absolute Gasteiger partial charge is 0.298 e. The summed E-state index contributed by atoms with van der Waals surface area (Å²) in [5.41, 5.74) is 0.886. The van der Waals surface area contributed by atoms with Crippen LogP contribution in [0, 0.1) is 22.7 Å². The number of benzene rings is 1. The molecule has 0 atom stereocenters. The average molecular weight is 347 g/mol. The lowest BCUT2D eigenvalue weighted by Gasteiger charge is -2.68. The van der Waals surface area contributed by atoms with Crippen LogP contribution >= 0.6 is 11.6 Å². The molecule has 4 bridgehead atoms. The molecule has 0 radical (unpaired) electrons. The van der Waals surface area contributed by atoms with E-state index in [0.717, 1.165) is 31.2 Å². The smallest absolute Gasteiger partial charge is 0.150 e. The fourth-order valence-electron chi connectivity index (χ4n) is 5.33. The summed E-state index contributed by atoms with van der Waals surface area (Å²) in [6.07, 6.45) is 0.286. The second kappa shape index (κ2) is 5.30. The number of rotatable bonds is 3. The van der Waals surface area contributed by atoms with Crippen molar-refractivity contribution in [2.75, 3.05) is 26.2 Å². The van der Waals surface area contributed by atoms with Crippen molar-refractivity contribution in [3.63, 3.8) is 0 Å². The van der Waals surface area contributed by atoms with Crippen molar-refractivity contribution in [2.45, 2.75) is 33.9 Å². The van der Waals surface area contributed by atoms with Crippen molar-refractivity contribution in [1.29, 1.82) is 0 Å². The molecular formula is C20H27ClN2O. The number of hydrogen-bond acceptors (Lipinski definition) is 3. The first-order chi connectivity index (χ1) is 11.3. The van der Waals surface area contributed by atoms with E-state index in [1.54, 1.807) is 0 Å². The second-order valence-electron chi connectivity index (χ2n) is 8.69. The van der Waals surface area contributed by atoms with Crippen molar-refractivity contribution in [3.8, 4) is 0 Å². The molecule has 130 valence electrons. The molecule has 4 aliphatic rings. The Balaban J connectivity index is 1.78. The highest BCUT2D eigenvalue weighted by Crippen LogP contribution is 2.57. The van der Waals surface area contributed by atoms with Crippen LogP contribution in [-0.2, 0) is 4.79 Å². The van der Waals surface area contributed by atoms with Crippen LogP contribution < -0.4 is 0 Å². The van der Waals surface area contributed by atoms with E-state index in [-0.39, 0.29) is 17.0 Å². The van der Waals surface area contributed by atoms with Gasteiger partial charge >= 0.3 is 0 Å². The van der Waals surface area contributed by atoms with Crippen LogP contribution in [0.5, 0.6) is 0 Å². The molecule has 1 aromatic carbocycles. The number of hydrogen-bond donors (Lipinski definition) is 0. The third-order valence-corrected chi connectivity index (χ3v) is 7.17. The number of carbonyl (C=O) groups is 1. The standard InChI is InChI=1S/C20H27ClN2O/c1-13(2)19-9-22-11-20(14(3)4,18(19)24)12-23(10-19)17(22)15-5-7-16(21)8-6-15/h5-8,13-14,17H,9-12H2,1-4H3. The van der Waals surface area contributed by atoms with Gasteiger partial charge in [0.15, 0.2) is 5.78 Å². The van der Waals surface area contributed by atoms with E-state index >= 15 is 0 Å². The summed E-state index contributed by atoms with van der Waals surface area (Å²) in [4.78, 5) is 18.6. The second-order valence-corrected chi connectivity index (χ2v) is 9.12. The molecule has 24 heavy (non-hydrogen) atoms. The minimum Gasteiger partial charge on any atom is -0.298 e. The van der Waals surface area contributed by atoms with E-state index in [9.17, 15) is 4.79 Å². The minimum absolute atomic E-state index is 0.205. The number of halogens is 1. The molecule has 1 aromatic rings. The van der Waals surface area contributed by atoms with Gasteiger partial charge in [0.05, 0.1) is 17.0 Å². The quantitative estimate of drug-likeness (QED) is 0.830. The van der Waals surface area contributed by atoms with Crippen LogP contribution in [-0.4, -0.2) is 41.8 Å². The van der Waals surface area contributed by atoms with Crippen molar-refractivity contribution in [1.82, 2.24) is 9.80 Å². The van der Waals surface area contributed by atoms with E-state index in [2.05, 4.69) is 49.6 Å². The van der Waals surface area contributed by atoms with Crippen LogP contribution in [0.3, 0.4) is 0 Å². The molecule has 4 fully saturated rings. The first kappa shape index (κ1) is 16.6. The van der Waals surface area contributed by atoms with Gasteiger partial charge in [0.1, 0.15) is 0 Å². The maximum Gasteiger partial charge on any atom is 0.150 e. The number of carbonyl (C=O) groups excluding carboxylic acids is 1. The predicted molar refractivity (Wildman–Crippen MR) is 96.9 cm³/mol. The monoisotopic (exact) mass is 346 g/mol. The Kier molecular flexibility index (Phi) is 3.66. The van der Waals surface area contributed by atoms with E-state index in [1.165, 1.54) is 5.56 Å². The highest BCUT2D eigenvalue weighted by molar-refractivity contribution is 6.30. The molecule has 0 saturated carbocycles. The Morgan fingerprint density at radius 3 is 1.71 bits per heavy atom. The minimum atomic E-state index is -0.205. The Morgan fingerprint density at radius 2 is 1.33 bits per heavy atom. The molecule has 4 saturated heterocycles. The first-order valence-corrected chi connectivity index (χ1v) is 9.46. The third-order valence-electron chi connectivity index (χ3n) is 6.92. The van der Waals surface area contributed by atoms with Gasteiger partial charge in [-0.3, -0.25) is 14.6 Å². The van der Waals surface area contributed by atoms with Crippen LogP contribution in [0.4, 0.5) is 0 Å². The lowest BCUT2D eigenvalue weighted by Crippen LogP contribution is -2.78. The van der Waals surface area contributed by atoms with E-state index in [1.807, 2.05) is 12.1 Å². The van der Waals surface area contributed by atoms with Gasteiger partial charge in [-0.05, 0) is 29.5 Å². The van der Waals surface area contributed by atoms with Gasteiger partial charge in [-0.15, -0.1) is 0 Å². The van der Waals surface area contributed by atoms with Gasteiger partial charge in [0.2, 0.25) is 0 Å². The van der Waals surface area contributed by atoms with E-state index < -0.39 is 0 Å². The average Bonchev–Trinajstić information content (AvgIpc) is 2.52. The Bertz CT molecular complexity index is 621. The molecule has 5 rings (SSSR count). The summed E-state index contributed by atoms with van der Waals surface area (Å²) >= 11 is 6.08. The van der Waals surface area contributed by atoms with Crippen molar-refractivity contribution in [2.24, 2.45) is 22.7 Å². The lowest BCUT2D eigenvalue weighted by atomic mass is 9.53. The van der Waals surface area contributed by atoms with Gasteiger partial charge in [0.25, 0.3) is 0 Å². The predicted octanol–water partition coefficient (Wildman–Crippen LogP) is 3.84. The van der Waals surface area contributed by atoms with Gasteiger partial charge in [-0.25, -0.2) is 0 Å². The maximum absolute atomic E-state index is 13.5. The summed E-state index contributed by atoms with van der Waals surface area (Å²) < 4.78 is 0. The zero-order chi connectivity index (χ0) is 17.3. The molecule has 4 aliphatic heterocycles. The highest BCUT2D eigenvalue weighted by Gasteiger charge is 2.67. The van der Waals surface area contributed by atoms with Gasteiger partial charge < -0.3 is 0 Å². The SMILES string of the molecule is CC(C)C12CN3CC(C(C)C)(CN(C1)C3c1ccc(Cl)cc1)C2=O.